The molecule has 1 heterocycles. The fourth-order valence-corrected chi connectivity index (χ4v) is 2.33. The van der Waals surface area contributed by atoms with Crippen LogP contribution in [0.15, 0.2) is 18.2 Å². The smallest absolute Gasteiger partial charge is 0.178 e. The minimum atomic E-state index is 0.107. The van der Waals surface area contributed by atoms with Crippen LogP contribution in [0.4, 0.5) is 0 Å². The molecule has 0 fully saturated rings. The van der Waals surface area contributed by atoms with Crippen LogP contribution in [0.2, 0.25) is 0 Å². The normalized spacial score (nSPS) is 13.5. The van der Waals surface area contributed by atoms with Crippen molar-refractivity contribution < 1.29 is 0 Å². The molecule has 2 rings (SSSR count). The molecule has 1 N–H and O–H groups in total. The summed E-state index contributed by atoms with van der Waals surface area (Å²) in [7, 11) is 0. The number of hydrogen-bond acceptors (Lipinski definition) is 2. The Balaban J connectivity index is 2.74. The number of nitrogens with zero attached hydrogens (tertiary/aromatic N) is 2. The molecule has 3 nitrogen and oxygen atoms in total. The molecule has 0 aliphatic heterocycles. The molecule has 0 amide bonds. The molecule has 4 heteroatoms. The molecule has 94 valence electrons. The fraction of sp³-hybridized carbons (Fsp3) is 0.429. The fourth-order valence-electron chi connectivity index (χ4n) is 1.96. The Kier molecular flexibility index (Phi) is 3.04. The van der Waals surface area contributed by atoms with Gasteiger partial charge < -0.3 is 9.55 Å². The Bertz CT molecular complexity index is 680. The minimum Gasteiger partial charge on any atom is -0.331 e. The van der Waals surface area contributed by atoms with Crippen LogP contribution in [0.25, 0.3) is 11.0 Å². The molecule has 0 bridgehead atoms. The first kappa shape index (κ1) is 12.8. The van der Waals surface area contributed by atoms with E-state index in [1.807, 2.05) is 12.1 Å². The summed E-state index contributed by atoms with van der Waals surface area (Å²) in [5.41, 5.74) is 2.75. The average molecular weight is 259 g/mol. The van der Waals surface area contributed by atoms with Gasteiger partial charge >= 0.3 is 0 Å². The lowest BCUT2D eigenvalue weighted by molar-refractivity contribution is 0.265. The van der Waals surface area contributed by atoms with Gasteiger partial charge in [0.05, 0.1) is 22.7 Å². The van der Waals surface area contributed by atoms with Crippen molar-refractivity contribution in [3.63, 3.8) is 0 Å². The third kappa shape index (κ3) is 2.06. The molecule has 0 aliphatic rings. The van der Waals surface area contributed by atoms with Crippen LogP contribution in [0.3, 0.4) is 0 Å². The van der Waals surface area contributed by atoms with Gasteiger partial charge in [0.2, 0.25) is 0 Å². The molecule has 1 atom stereocenters. The summed E-state index contributed by atoms with van der Waals surface area (Å²) in [5.74, 6) is 0. The van der Waals surface area contributed by atoms with E-state index in [9.17, 15) is 0 Å². The first-order chi connectivity index (χ1) is 8.34. The Morgan fingerprint density at radius 2 is 2.06 bits per heavy atom. The van der Waals surface area contributed by atoms with Gasteiger partial charge in [0.1, 0.15) is 0 Å². The Hall–Kier alpha value is -1.60. The summed E-state index contributed by atoms with van der Waals surface area (Å²) >= 11 is 5.40. The van der Waals surface area contributed by atoms with Crippen molar-refractivity contribution in [3.8, 4) is 6.07 Å². The van der Waals surface area contributed by atoms with E-state index in [0.29, 0.717) is 10.3 Å². The molecule has 1 unspecified atom stereocenters. The van der Waals surface area contributed by atoms with Gasteiger partial charge in [-0.1, -0.05) is 20.8 Å². The number of benzene rings is 1. The largest absolute Gasteiger partial charge is 0.331 e. The predicted octanol–water partition coefficient (Wildman–Crippen LogP) is 4.18. The molecule has 0 saturated heterocycles. The molecule has 18 heavy (non-hydrogen) atoms. The van der Waals surface area contributed by atoms with Crippen molar-refractivity contribution >= 4 is 23.3 Å². The van der Waals surface area contributed by atoms with E-state index >= 15 is 0 Å². The van der Waals surface area contributed by atoms with Gasteiger partial charge in [-0.3, -0.25) is 0 Å². The van der Waals surface area contributed by atoms with Gasteiger partial charge in [0.25, 0.3) is 0 Å². The maximum Gasteiger partial charge on any atom is 0.178 e. The summed E-state index contributed by atoms with van der Waals surface area (Å²) < 4.78 is 2.81. The lowest BCUT2D eigenvalue weighted by atomic mass is 9.88. The Morgan fingerprint density at radius 3 is 2.61 bits per heavy atom. The van der Waals surface area contributed by atoms with E-state index in [2.05, 4.69) is 43.3 Å². The molecule has 0 saturated carbocycles. The van der Waals surface area contributed by atoms with E-state index in [0.717, 1.165) is 11.0 Å². The van der Waals surface area contributed by atoms with Crippen LogP contribution in [0.5, 0.6) is 0 Å². The summed E-state index contributed by atoms with van der Waals surface area (Å²) in [6.07, 6.45) is 0. The van der Waals surface area contributed by atoms with E-state index in [1.54, 1.807) is 6.07 Å². The molecular formula is C14H17N3S. The highest BCUT2D eigenvalue weighted by molar-refractivity contribution is 7.71. The second kappa shape index (κ2) is 4.25. The van der Waals surface area contributed by atoms with Crippen molar-refractivity contribution in [3.05, 3.63) is 28.5 Å². The van der Waals surface area contributed by atoms with Crippen molar-refractivity contribution in [2.24, 2.45) is 5.41 Å². The highest BCUT2D eigenvalue weighted by Gasteiger charge is 2.23. The maximum atomic E-state index is 9.00. The van der Waals surface area contributed by atoms with E-state index in [4.69, 9.17) is 17.5 Å². The van der Waals surface area contributed by atoms with Gasteiger partial charge in [0, 0.05) is 6.04 Å². The number of rotatable bonds is 1. The number of imidazole rings is 1. The van der Waals surface area contributed by atoms with Gasteiger partial charge in [-0.15, -0.1) is 0 Å². The SMILES string of the molecule is CC(n1c(=S)[nH]c2ccc(C#N)cc21)C(C)(C)C. The first-order valence-corrected chi connectivity index (χ1v) is 6.40. The van der Waals surface area contributed by atoms with Crippen LogP contribution in [-0.4, -0.2) is 9.55 Å². The minimum absolute atomic E-state index is 0.107. The molecule has 1 aromatic carbocycles. The molecular weight excluding hydrogens is 242 g/mol. The number of H-pyrrole nitrogens is 1. The number of nitrogens with one attached hydrogen (secondary N) is 1. The molecule has 0 radical (unpaired) electrons. The monoisotopic (exact) mass is 259 g/mol. The highest BCUT2D eigenvalue weighted by Crippen LogP contribution is 2.33. The van der Waals surface area contributed by atoms with Crippen LogP contribution in [-0.2, 0) is 0 Å². The third-order valence-electron chi connectivity index (χ3n) is 3.49. The van der Waals surface area contributed by atoms with E-state index in [-0.39, 0.29) is 11.5 Å². The number of fused-ring (bicyclic) bond motifs is 1. The van der Waals surface area contributed by atoms with E-state index in [1.165, 1.54) is 0 Å². The summed E-state index contributed by atoms with van der Waals surface area (Å²) in [6.45, 7) is 8.72. The second-order valence-corrected chi connectivity index (χ2v) is 6.07. The van der Waals surface area contributed by atoms with Crippen LogP contribution < -0.4 is 0 Å². The number of aromatic amines is 1. The molecule has 2 aromatic rings. The predicted molar refractivity (Wildman–Crippen MR) is 76.0 cm³/mol. The van der Waals surface area contributed by atoms with Gasteiger partial charge in [0.15, 0.2) is 4.77 Å². The van der Waals surface area contributed by atoms with Gasteiger partial charge in [-0.25, -0.2) is 0 Å². The quantitative estimate of drug-likeness (QED) is 0.781. The average Bonchev–Trinajstić information content (AvgIpc) is 2.61. The molecule has 0 spiro atoms. The van der Waals surface area contributed by atoms with Crippen molar-refractivity contribution in [1.82, 2.24) is 9.55 Å². The summed E-state index contributed by atoms with van der Waals surface area (Å²) in [5, 5.41) is 9.00. The molecule has 0 aliphatic carbocycles. The van der Waals surface area contributed by atoms with Crippen molar-refractivity contribution in [2.75, 3.05) is 0 Å². The topological polar surface area (TPSA) is 44.5 Å². The van der Waals surface area contributed by atoms with Crippen LogP contribution in [0, 0.1) is 21.5 Å². The van der Waals surface area contributed by atoms with Gasteiger partial charge in [-0.2, -0.15) is 5.26 Å². The number of nitriles is 1. The Labute approximate surface area is 112 Å². The van der Waals surface area contributed by atoms with Crippen LogP contribution in [0.1, 0.15) is 39.3 Å². The zero-order valence-corrected chi connectivity index (χ0v) is 11.9. The number of aromatic nitrogens is 2. The summed E-state index contributed by atoms with van der Waals surface area (Å²) in [6, 6.07) is 8.04. The summed E-state index contributed by atoms with van der Waals surface area (Å²) in [4.78, 5) is 3.20. The Morgan fingerprint density at radius 1 is 1.39 bits per heavy atom. The lowest BCUT2D eigenvalue weighted by Gasteiger charge is -2.29. The van der Waals surface area contributed by atoms with Gasteiger partial charge in [-0.05, 0) is 42.8 Å². The molecule has 1 aromatic heterocycles. The maximum absolute atomic E-state index is 9.00. The zero-order chi connectivity index (χ0) is 13.5. The van der Waals surface area contributed by atoms with E-state index < -0.39 is 0 Å². The number of hydrogen-bond donors (Lipinski definition) is 1. The van der Waals surface area contributed by atoms with Crippen molar-refractivity contribution in [2.45, 2.75) is 33.7 Å². The second-order valence-electron chi connectivity index (χ2n) is 5.69. The first-order valence-electron chi connectivity index (χ1n) is 5.99. The standard InChI is InChI=1S/C14H17N3S/c1-9(14(2,3)4)17-12-7-10(8-15)5-6-11(12)16-13(17)18/h5-7,9H,1-4H3,(H,16,18). The third-order valence-corrected chi connectivity index (χ3v) is 3.79. The van der Waals surface area contributed by atoms with Crippen molar-refractivity contribution in [1.29, 1.82) is 5.26 Å². The van der Waals surface area contributed by atoms with Crippen LogP contribution >= 0.6 is 12.2 Å². The highest BCUT2D eigenvalue weighted by atomic mass is 32.1. The lowest BCUT2D eigenvalue weighted by Crippen LogP contribution is -2.21. The zero-order valence-electron chi connectivity index (χ0n) is 11.1.